The molecule has 0 atom stereocenters. The molecule has 1 N–H and O–H groups in total. The predicted molar refractivity (Wildman–Crippen MR) is 78.6 cm³/mol. The van der Waals surface area contributed by atoms with Crippen molar-refractivity contribution in [1.29, 1.82) is 0 Å². The Morgan fingerprint density at radius 1 is 1.16 bits per heavy atom. The number of nitrogens with one attached hydrogen (secondary N) is 1. The van der Waals surface area contributed by atoms with Crippen molar-refractivity contribution in [2.75, 3.05) is 0 Å². The summed E-state index contributed by atoms with van der Waals surface area (Å²) >= 11 is 1.40. The third-order valence-corrected chi connectivity index (χ3v) is 4.12. The van der Waals surface area contributed by atoms with Crippen LogP contribution < -0.4 is 0 Å². The quantitative estimate of drug-likeness (QED) is 0.771. The molecule has 0 saturated heterocycles. The molecule has 0 aliphatic heterocycles. The van der Waals surface area contributed by atoms with Crippen LogP contribution in [0.1, 0.15) is 36.6 Å². The molecule has 98 valence electrons. The fourth-order valence-corrected chi connectivity index (χ4v) is 2.88. The van der Waals surface area contributed by atoms with Gasteiger partial charge in [-0.25, -0.2) is 4.98 Å². The van der Waals surface area contributed by atoms with E-state index < -0.39 is 0 Å². The van der Waals surface area contributed by atoms with E-state index in [1.54, 1.807) is 0 Å². The van der Waals surface area contributed by atoms with Crippen molar-refractivity contribution in [1.82, 2.24) is 19.6 Å². The van der Waals surface area contributed by atoms with Gasteiger partial charge >= 0.3 is 0 Å². The number of aryl methyl sites for hydroxylation is 2. The van der Waals surface area contributed by atoms with E-state index in [4.69, 9.17) is 0 Å². The minimum absolute atomic E-state index is 0.352. The summed E-state index contributed by atoms with van der Waals surface area (Å²) in [7, 11) is 0. The normalized spacial score (nSPS) is 11.6. The van der Waals surface area contributed by atoms with E-state index in [2.05, 4.69) is 59.4 Å². The molecule has 0 aliphatic rings. The Hall–Kier alpha value is -1.75. The third-order valence-electron chi connectivity index (χ3n) is 3.37. The van der Waals surface area contributed by atoms with Gasteiger partial charge in [0.2, 0.25) is 0 Å². The number of rotatable bonds is 2. The fourth-order valence-electron chi connectivity index (χ4n) is 2.12. The molecule has 4 nitrogen and oxygen atoms in total. The summed E-state index contributed by atoms with van der Waals surface area (Å²) in [6.45, 7) is 8.47. The molecular formula is C14H16N4S. The first kappa shape index (κ1) is 12.3. The number of imidazole rings is 1. The van der Waals surface area contributed by atoms with Crippen molar-refractivity contribution in [3.63, 3.8) is 0 Å². The van der Waals surface area contributed by atoms with E-state index in [1.807, 2.05) is 0 Å². The Labute approximate surface area is 116 Å². The van der Waals surface area contributed by atoms with Crippen molar-refractivity contribution in [2.24, 2.45) is 0 Å². The van der Waals surface area contributed by atoms with Gasteiger partial charge in [-0.1, -0.05) is 18.3 Å². The molecule has 5 heteroatoms. The van der Waals surface area contributed by atoms with Gasteiger partial charge < -0.3 is 4.98 Å². The molecule has 0 saturated carbocycles. The molecule has 0 spiro atoms. The summed E-state index contributed by atoms with van der Waals surface area (Å²) in [6, 6.07) is 4.26. The van der Waals surface area contributed by atoms with Crippen LogP contribution in [-0.2, 0) is 0 Å². The zero-order valence-electron chi connectivity index (χ0n) is 11.5. The maximum Gasteiger partial charge on any atom is 0.152 e. The van der Waals surface area contributed by atoms with Gasteiger partial charge in [-0.15, -0.1) is 5.10 Å². The highest BCUT2D eigenvalue weighted by molar-refractivity contribution is 7.09. The highest BCUT2D eigenvalue weighted by Gasteiger charge is 2.16. The SMILES string of the molecule is Cc1cc2nc(-c3snnc3C(C)C)[nH]c2cc1C. The lowest BCUT2D eigenvalue weighted by Gasteiger charge is -2.00. The second-order valence-corrected chi connectivity index (χ2v) is 5.94. The largest absolute Gasteiger partial charge is 0.337 e. The molecule has 0 unspecified atom stereocenters. The summed E-state index contributed by atoms with van der Waals surface area (Å²) in [5.41, 5.74) is 5.62. The number of nitrogens with zero attached hydrogens (tertiary/aromatic N) is 3. The lowest BCUT2D eigenvalue weighted by Crippen LogP contribution is -1.91. The van der Waals surface area contributed by atoms with Crippen molar-refractivity contribution in [3.8, 4) is 10.7 Å². The van der Waals surface area contributed by atoms with Gasteiger partial charge in [0.15, 0.2) is 5.82 Å². The summed E-state index contributed by atoms with van der Waals surface area (Å²) in [5, 5.41) is 4.21. The summed E-state index contributed by atoms with van der Waals surface area (Å²) < 4.78 is 4.06. The first-order chi connectivity index (χ1) is 9.06. The Balaban J connectivity index is 2.18. The summed E-state index contributed by atoms with van der Waals surface area (Å²) in [5.74, 6) is 1.23. The molecule has 0 fully saturated rings. The smallest absolute Gasteiger partial charge is 0.152 e. The van der Waals surface area contributed by atoms with Crippen LogP contribution in [0.4, 0.5) is 0 Å². The lowest BCUT2D eigenvalue weighted by atomic mass is 10.1. The fraction of sp³-hybridized carbons (Fsp3) is 0.357. The van der Waals surface area contributed by atoms with Gasteiger partial charge in [-0.3, -0.25) is 0 Å². The molecule has 2 heterocycles. The highest BCUT2D eigenvalue weighted by atomic mass is 32.1. The standard InChI is InChI=1S/C14H16N4S/c1-7(2)12-13(19-18-17-12)14-15-10-5-8(3)9(4)6-11(10)16-14/h5-7H,1-4H3,(H,15,16). The minimum atomic E-state index is 0.352. The molecular weight excluding hydrogens is 256 g/mol. The number of aromatic nitrogens is 4. The van der Waals surface area contributed by atoms with E-state index in [-0.39, 0.29) is 0 Å². The summed E-state index contributed by atoms with van der Waals surface area (Å²) in [6.07, 6.45) is 0. The van der Waals surface area contributed by atoms with Crippen molar-refractivity contribution in [3.05, 3.63) is 29.0 Å². The van der Waals surface area contributed by atoms with E-state index in [0.29, 0.717) is 5.92 Å². The number of hydrogen-bond acceptors (Lipinski definition) is 4. The molecule has 1 aromatic carbocycles. The number of aromatic amines is 1. The molecule has 0 bridgehead atoms. The van der Waals surface area contributed by atoms with Crippen LogP contribution in [0.2, 0.25) is 0 Å². The molecule has 2 aromatic heterocycles. The Kier molecular flexibility index (Phi) is 2.86. The van der Waals surface area contributed by atoms with E-state index in [9.17, 15) is 0 Å². The van der Waals surface area contributed by atoms with Crippen LogP contribution in [0.15, 0.2) is 12.1 Å². The first-order valence-corrected chi connectivity index (χ1v) is 7.13. The average Bonchev–Trinajstić information content (AvgIpc) is 2.95. The Morgan fingerprint density at radius 3 is 2.63 bits per heavy atom. The van der Waals surface area contributed by atoms with Crippen molar-refractivity contribution >= 4 is 22.6 Å². The topological polar surface area (TPSA) is 54.5 Å². The second kappa shape index (κ2) is 4.42. The lowest BCUT2D eigenvalue weighted by molar-refractivity contribution is 0.813. The van der Waals surface area contributed by atoms with Gasteiger partial charge in [0, 0.05) is 0 Å². The number of H-pyrrole nitrogens is 1. The van der Waals surface area contributed by atoms with Gasteiger partial charge in [-0.05, 0) is 54.6 Å². The predicted octanol–water partition coefficient (Wildman–Crippen LogP) is 3.82. The maximum absolute atomic E-state index is 4.68. The van der Waals surface area contributed by atoms with Crippen molar-refractivity contribution < 1.29 is 0 Å². The number of hydrogen-bond donors (Lipinski definition) is 1. The van der Waals surface area contributed by atoms with Crippen LogP contribution in [0.3, 0.4) is 0 Å². The molecule has 0 amide bonds. The molecule has 3 rings (SSSR count). The maximum atomic E-state index is 4.68. The van der Waals surface area contributed by atoms with Gasteiger partial charge in [0.05, 0.1) is 16.7 Å². The van der Waals surface area contributed by atoms with E-state index >= 15 is 0 Å². The molecule has 3 aromatic rings. The van der Waals surface area contributed by atoms with Crippen LogP contribution in [0.25, 0.3) is 21.7 Å². The van der Waals surface area contributed by atoms with Crippen LogP contribution in [-0.4, -0.2) is 19.6 Å². The second-order valence-electron chi connectivity index (χ2n) is 5.18. The van der Waals surface area contributed by atoms with E-state index in [0.717, 1.165) is 27.4 Å². The van der Waals surface area contributed by atoms with Gasteiger partial charge in [0.25, 0.3) is 0 Å². The third kappa shape index (κ3) is 2.04. The monoisotopic (exact) mass is 272 g/mol. The number of benzene rings is 1. The van der Waals surface area contributed by atoms with Crippen LogP contribution in [0, 0.1) is 13.8 Å². The first-order valence-electron chi connectivity index (χ1n) is 6.36. The molecule has 0 aliphatic carbocycles. The van der Waals surface area contributed by atoms with E-state index in [1.165, 1.54) is 22.7 Å². The zero-order chi connectivity index (χ0) is 13.6. The zero-order valence-corrected chi connectivity index (χ0v) is 12.3. The Morgan fingerprint density at radius 2 is 1.89 bits per heavy atom. The summed E-state index contributed by atoms with van der Waals surface area (Å²) in [4.78, 5) is 9.10. The van der Waals surface area contributed by atoms with Gasteiger partial charge in [0.1, 0.15) is 4.88 Å². The van der Waals surface area contributed by atoms with Crippen molar-refractivity contribution in [2.45, 2.75) is 33.6 Å². The average molecular weight is 272 g/mol. The minimum Gasteiger partial charge on any atom is -0.337 e. The Bertz CT molecular complexity index is 700. The molecule has 0 radical (unpaired) electrons. The number of fused-ring (bicyclic) bond motifs is 1. The van der Waals surface area contributed by atoms with Crippen LogP contribution >= 0.6 is 11.5 Å². The van der Waals surface area contributed by atoms with Crippen LogP contribution in [0.5, 0.6) is 0 Å². The molecule has 19 heavy (non-hydrogen) atoms. The van der Waals surface area contributed by atoms with Gasteiger partial charge in [-0.2, -0.15) is 0 Å². The highest BCUT2D eigenvalue weighted by Crippen LogP contribution is 2.30.